The van der Waals surface area contributed by atoms with Gasteiger partial charge in [-0.25, -0.2) is 14.4 Å². The number of benzene rings is 2. The fourth-order valence-corrected chi connectivity index (χ4v) is 4.25. The van der Waals surface area contributed by atoms with Crippen molar-refractivity contribution in [2.75, 3.05) is 19.8 Å². The molecule has 2 aromatic rings. The molecule has 1 aliphatic rings. The van der Waals surface area contributed by atoms with Crippen LogP contribution in [0.25, 0.3) is 11.1 Å². The van der Waals surface area contributed by atoms with E-state index in [2.05, 4.69) is 16.1 Å². The minimum Gasteiger partial charge on any atom is -0.480 e. The number of carboxylic acids is 1. The molecule has 210 valence electrons. The molecule has 1 atom stereocenters. The second-order valence-electron chi connectivity index (χ2n) is 10.1. The summed E-state index contributed by atoms with van der Waals surface area (Å²) < 4.78 is 10.4. The number of rotatable bonds is 12. The van der Waals surface area contributed by atoms with Crippen LogP contribution in [-0.2, 0) is 23.9 Å². The molecule has 0 spiro atoms. The number of fused-ring (bicyclic) bond motifs is 3. The molecule has 0 fully saturated rings. The summed E-state index contributed by atoms with van der Waals surface area (Å²) in [5.41, 5.74) is 5.78. The van der Waals surface area contributed by atoms with Gasteiger partial charge in [0, 0.05) is 12.5 Å². The van der Waals surface area contributed by atoms with Crippen LogP contribution in [0.4, 0.5) is 9.59 Å². The van der Waals surface area contributed by atoms with Crippen LogP contribution in [0.15, 0.2) is 48.5 Å². The number of carbonyl (C=O) groups excluding carboxylic acids is 3. The van der Waals surface area contributed by atoms with E-state index in [1.807, 2.05) is 48.5 Å². The molecule has 0 aliphatic heterocycles. The van der Waals surface area contributed by atoms with Gasteiger partial charge in [-0.2, -0.15) is 5.48 Å². The summed E-state index contributed by atoms with van der Waals surface area (Å²) in [5.74, 6) is -1.72. The molecule has 3 rings (SSSR count). The van der Waals surface area contributed by atoms with Crippen LogP contribution in [0.3, 0.4) is 0 Å². The van der Waals surface area contributed by atoms with Crippen LogP contribution in [0, 0.1) is 0 Å². The number of ether oxygens (including phenoxy) is 2. The molecule has 0 bridgehead atoms. The molecule has 1 unspecified atom stereocenters. The summed E-state index contributed by atoms with van der Waals surface area (Å²) >= 11 is 0. The van der Waals surface area contributed by atoms with E-state index in [1.54, 1.807) is 20.8 Å². The summed E-state index contributed by atoms with van der Waals surface area (Å²) in [4.78, 5) is 52.2. The van der Waals surface area contributed by atoms with Gasteiger partial charge in [0.25, 0.3) is 0 Å². The number of carboxylic acid groups (broad SMARTS) is 1. The van der Waals surface area contributed by atoms with Crippen molar-refractivity contribution in [1.82, 2.24) is 16.1 Å². The van der Waals surface area contributed by atoms with Crippen molar-refractivity contribution in [2.45, 2.75) is 57.6 Å². The number of unbranched alkanes of at least 4 members (excludes halogenated alkanes) is 1. The molecule has 11 heteroatoms. The molecule has 4 N–H and O–H groups in total. The predicted octanol–water partition coefficient (Wildman–Crippen LogP) is 3.72. The number of hydrogen-bond donors (Lipinski definition) is 4. The Morgan fingerprint density at radius 2 is 1.54 bits per heavy atom. The zero-order valence-electron chi connectivity index (χ0n) is 22.3. The first-order valence-electron chi connectivity index (χ1n) is 12.8. The van der Waals surface area contributed by atoms with Gasteiger partial charge in [0.1, 0.15) is 18.2 Å². The topological polar surface area (TPSA) is 152 Å². The third-order valence-electron chi connectivity index (χ3n) is 5.93. The van der Waals surface area contributed by atoms with Gasteiger partial charge in [-0.3, -0.25) is 9.63 Å². The van der Waals surface area contributed by atoms with E-state index < -0.39 is 42.3 Å². The van der Waals surface area contributed by atoms with E-state index >= 15 is 0 Å². The van der Waals surface area contributed by atoms with E-state index in [0.717, 1.165) is 22.3 Å². The molecule has 0 saturated carbocycles. The smallest absolute Gasteiger partial charge is 0.431 e. The van der Waals surface area contributed by atoms with E-state index in [-0.39, 0.29) is 25.5 Å². The molecule has 0 heterocycles. The van der Waals surface area contributed by atoms with Gasteiger partial charge < -0.3 is 25.2 Å². The van der Waals surface area contributed by atoms with E-state index in [1.165, 1.54) is 0 Å². The zero-order chi connectivity index (χ0) is 28.4. The normalized spacial score (nSPS) is 13.0. The average Bonchev–Trinajstić information content (AvgIpc) is 3.19. The number of aliphatic carboxylic acids is 1. The quantitative estimate of drug-likeness (QED) is 0.234. The van der Waals surface area contributed by atoms with Crippen LogP contribution in [0.2, 0.25) is 0 Å². The summed E-state index contributed by atoms with van der Waals surface area (Å²) in [6.07, 6.45) is -0.521. The highest BCUT2D eigenvalue weighted by Gasteiger charge is 2.29. The van der Waals surface area contributed by atoms with Gasteiger partial charge in [-0.15, -0.1) is 0 Å². The lowest BCUT2D eigenvalue weighted by Crippen LogP contribution is -2.43. The van der Waals surface area contributed by atoms with Crippen molar-refractivity contribution in [3.05, 3.63) is 59.7 Å². The average molecular weight is 542 g/mol. The van der Waals surface area contributed by atoms with E-state index in [4.69, 9.17) is 14.3 Å². The molecular formula is C28H35N3O8. The Bertz CT molecular complexity index is 1130. The molecule has 11 nitrogen and oxygen atoms in total. The highest BCUT2D eigenvalue weighted by Crippen LogP contribution is 2.44. The first-order valence-corrected chi connectivity index (χ1v) is 12.8. The Hall–Kier alpha value is -4.12. The standard InChI is InChI=1S/C28H35N3O8/c1-28(2,3)39-26(35)30-23(25(33)34)14-8-9-15-29-24(32)17-38-31-27(36)37-16-22-20-12-6-4-10-18(20)19-11-5-7-13-21(19)22/h4-7,10-13,22-23H,8-9,14-17H2,1-3H3,(H,29,32)(H,30,35)(H,31,36)(H,33,34). The third kappa shape index (κ3) is 8.99. The van der Waals surface area contributed by atoms with Gasteiger partial charge in [-0.1, -0.05) is 48.5 Å². The zero-order valence-corrected chi connectivity index (χ0v) is 22.3. The summed E-state index contributed by atoms with van der Waals surface area (Å²) in [5, 5.41) is 14.2. The van der Waals surface area contributed by atoms with Gasteiger partial charge >= 0.3 is 18.2 Å². The third-order valence-corrected chi connectivity index (χ3v) is 5.93. The van der Waals surface area contributed by atoms with E-state index in [9.17, 15) is 24.3 Å². The second-order valence-corrected chi connectivity index (χ2v) is 10.1. The van der Waals surface area contributed by atoms with Gasteiger partial charge in [0.05, 0.1) is 0 Å². The molecule has 1 aliphatic carbocycles. The first kappa shape index (κ1) is 29.4. The minimum atomic E-state index is -1.17. The van der Waals surface area contributed by atoms with Crippen molar-refractivity contribution < 1.29 is 38.6 Å². The monoisotopic (exact) mass is 541 g/mol. The second kappa shape index (κ2) is 13.6. The molecule has 0 radical (unpaired) electrons. The Morgan fingerprint density at radius 1 is 0.923 bits per heavy atom. The van der Waals surface area contributed by atoms with E-state index in [0.29, 0.717) is 12.8 Å². The number of nitrogens with one attached hydrogen (secondary N) is 3. The Balaban J connectivity index is 1.30. The molecular weight excluding hydrogens is 506 g/mol. The van der Waals surface area contributed by atoms with Crippen LogP contribution >= 0.6 is 0 Å². The van der Waals surface area contributed by atoms with Crippen molar-refractivity contribution in [1.29, 1.82) is 0 Å². The fourth-order valence-electron chi connectivity index (χ4n) is 4.25. The lowest BCUT2D eigenvalue weighted by molar-refractivity contribution is -0.139. The predicted molar refractivity (Wildman–Crippen MR) is 142 cm³/mol. The number of alkyl carbamates (subject to hydrolysis) is 1. The van der Waals surface area contributed by atoms with Crippen LogP contribution in [-0.4, -0.2) is 60.6 Å². The molecule has 0 aromatic heterocycles. The van der Waals surface area contributed by atoms with Crippen LogP contribution in [0.5, 0.6) is 0 Å². The number of hydroxylamine groups is 1. The van der Waals surface area contributed by atoms with Crippen LogP contribution < -0.4 is 16.1 Å². The fraction of sp³-hybridized carbons (Fsp3) is 0.429. The van der Waals surface area contributed by atoms with Crippen molar-refractivity contribution in [2.24, 2.45) is 0 Å². The maximum atomic E-state index is 12.1. The summed E-state index contributed by atoms with van der Waals surface area (Å²) in [7, 11) is 0. The molecule has 0 saturated heterocycles. The maximum absolute atomic E-state index is 12.1. The van der Waals surface area contributed by atoms with Gasteiger partial charge in [0.2, 0.25) is 5.91 Å². The number of amides is 3. The Morgan fingerprint density at radius 3 is 2.13 bits per heavy atom. The Labute approximate surface area is 227 Å². The SMILES string of the molecule is CC(C)(C)OC(=O)NC(CCCCNC(=O)CONC(=O)OCC1c2ccccc2-c2ccccc21)C(=O)O. The first-order chi connectivity index (χ1) is 18.5. The number of hydrogen-bond acceptors (Lipinski definition) is 7. The minimum absolute atomic E-state index is 0.0912. The highest BCUT2D eigenvalue weighted by molar-refractivity contribution is 5.80. The molecule has 2 aromatic carbocycles. The lowest BCUT2D eigenvalue weighted by Gasteiger charge is -2.22. The summed E-state index contributed by atoms with van der Waals surface area (Å²) in [6.45, 7) is 5.02. The van der Waals surface area contributed by atoms with Crippen molar-refractivity contribution >= 4 is 24.1 Å². The number of carbonyl (C=O) groups is 4. The lowest BCUT2D eigenvalue weighted by atomic mass is 9.98. The van der Waals surface area contributed by atoms with Crippen molar-refractivity contribution in [3.8, 4) is 11.1 Å². The summed E-state index contributed by atoms with van der Waals surface area (Å²) in [6, 6.07) is 14.9. The molecule has 3 amide bonds. The largest absolute Gasteiger partial charge is 0.480 e. The Kier molecular flexibility index (Phi) is 10.3. The van der Waals surface area contributed by atoms with Gasteiger partial charge in [-0.05, 0) is 62.3 Å². The van der Waals surface area contributed by atoms with Gasteiger partial charge in [0.15, 0.2) is 6.61 Å². The highest BCUT2D eigenvalue weighted by atomic mass is 16.7. The molecule has 39 heavy (non-hydrogen) atoms. The maximum Gasteiger partial charge on any atom is 0.431 e. The van der Waals surface area contributed by atoms with Crippen LogP contribution in [0.1, 0.15) is 57.1 Å². The van der Waals surface area contributed by atoms with Crippen molar-refractivity contribution in [3.63, 3.8) is 0 Å².